The lowest BCUT2D eigenvalue weighted by molar-refractivity contribution is -0.123. The van der Waals surface area contributed by atoms with E-state index in [-0.39, 0.29) is 12.5 Å². The first-order valence-electron chi connectivity index (χ1n) is 28.3. The minimum Gasteiger partial charge on any atom is -0.394 e. The lowest BCUT2D eigenvalue weighted by Crippen LogP contribution is -2.45. The fourth-order valence-corrected chi connectivity index (χ4v) is 8.34. The number of aliphatic hydroxyl groups is 2. The monoisotopic (exact) mass is 904 g/mol. The molecule has 0 bridgehead atoms. The van der Waals surface area contributed by atoms with Crippen LogP contribution in [0.5, 0.6) is 0 Å². The SMILES string of the molecule is CC/C=C\C/C=C\C/C=C\C/C=C\C/C=C\CCCCCCCCCCCCCCCCCCCCCCCC(=O)NC(CO)C(O)/C=C/CC/C=C/CCCCCCCCCCCC. The summed E-state index contributed by atoms with van der Waals surface area (Å²) in [4.78, 5) is 12.5. The van der Waals surface area contributed by atoms with Gasteiger partial charge in [0, 0.05) is 6.42 Å². The Morgan fingerprint density at radius 3 is 1.08 bits per heavy atom. The lowest BCUT2D eigenvalue weighted by atomic mass is 10.0. The van der Waals surface area contributed by atoms with E-state index < -0.39 is 12.1 Å². The van der Waals surface area contributed by atoms with E-state index in [9.17, 15) is 15.0 Å². The quantitative estimate of drug-likeness (QED) is 0.0421. The Labute approximate surface area is 405 Å². The minimum atomic E-state index is -0.863. The van der Waals surface area contributed by atoms with Crippen LogP contribution >= 0.6 is 0 Å². The van der Waals surface area contributed by atoms with Crippen LogP contribution in [0, 0.1) is 0 Å². The van der Waals surface area contributed by atoms with E-state index in [4.69, 9.17) is 0 Å². The van der Waals surface area contributed by atoms with Gasteiger partial charge < -0.3 is 15.5 Å². The van der Waals surface area contributed by atoms with E-state index in [1.54, 1.807) is 6.08 Å². The van der Waals surface area contributed by atoms with Gasteiger partial charge in [-0.3, -0.25) is 4.79 Å². The third-order valence-electron chi connectivity index (χ3n) is 12.6. The maximum atomic E-state index is 12.5. The summed E-state index contributed by atoms with van der Waals surface area (Å²) < 4.78 is 0. The Kier molecular flexibility index (Phi) is 53.8. The van der Waals surface area contributed by atoms with Gasteiger partial charge in [0.1, 0.15) is 0 Å². The standard InChI is InChI=1S/C61H109NO3/c1-3-5-7-9-11-13-15-17-19-21-22-23-24-25-26-27-28-29-30-31-32-33-34-35-36-37-38-39-40-41-43-45-47-49-51-53-55-57-61(65)62-59(58-63)60(64)56-54-52-50-48-46-44-42-20-18-16-14-12-10-8-6-4-2/h5,7,11,13,17,19,22-23,25-26,46,48,54,56,59-60,63-64H,3-4,6,8-10,12,14-16,18,20-21,24,27-45,47,49-53,55,57-58H2,1-2H3,(H,62,65)/b7-5-,13-11-,19-17-,23-22-,26-25-,48-46+,56-54+. The van der Waals surface area contributed by atoms with Crippen molar-refractivity contribution in [3.63, 3.8) is 0 Å². The van der Waals surface area contributed by atoms with Crippen molar-refractivity contribution in [1.82, 2.24) is 5.32 Å². The van der Waals surface area contributed by atoms with Crippen LogP contribution in [0.4, 0.5) is 0 Å². The zero-order valence-electron chi connectivity index (χ0n) is 43.2. The molecule has 0 aliphatic carbocycles. The largest absolute Gasteiger partial charge is 0.394 e. The number of carbonyl (C=O) groups is 1. The predicted molar refractivity (Wildman–Crippen MR) is 290 cm³/mol. The second-order valence-electron chi connectivity index (χ2n) is 19.0. The van der Waals surface area contributed by atoms with E-state index in [0.717, 1.165) is 64.2 Å². The molecule has 0 radical (unpaired) electrons. The van der Waals surface area contributed by atoms with Crippen molar-refractivity contribution in [2.75, 3.05) is 6.61 Å². The molecule has 0 aliphatic heterocycles. The molecule has 4 heteroatoms. The van der Waals surface area contributed by atoms with E-state index >= 15 is 0 Å². The van der Waals surface area contributed by atoms with Crippen LogP contribution in [-0.2, 0) is 4.79 Å². The van der Waals surface area contributed by atoms with Gasteiger partial charge in [-0.2, -0.15) is 0 Å². The Morgan fingerprint density at radius 1 is 0.385 bits per heavy atom. The average Bonchev–Trinajstić information content (AvgIpc) is 3.31. The molecular weight excluding hydrogens is 795 g/mol. The summed E-state index contributed by atoms with van der Waals surface area (Å²) in [5.41, 5.74) is 0. The first kappa shape index (κ1) is 62.6. The Bertz CT molecular complexity index is 1160. The molecule has 2 atom stereocenters. The number of aliphatic hydroxyl groups excluding tert-OH is 2. The van der Waals surface area contributed by atoms with Gasteiger partial charge in [0.05, 0.1) is 18.8 Å². The molecular formula is C61H109NO3. The highest BCUT2D eigenvalue weighted by atomic mass is 16.3. The maximum Gasteiger partial charge on any atom is 0.220 e. The molecule has 0 saturated heterocycles. The van der Waals surface area contributed by atoms with Crippen molar-refractivity contribution in [3.05, 3.63) is 85.1 Å². The van der Waals surface area contributed by atoms with E-state index in [0.29, 0.717) is 6.42 Å². The summed E-state index contributed by atoms with van der Waals surface area (Å²) >= 11 is 0. The Morgan fingerprint density at radius 2 is 0.692 bits per heavy atom. The average molecular weight is 905 g/mol. The smallest absolute Gasteiger partial charge is 0.220 e. The van der Waals surface area contributed by atoms with Gasteiger partial charge in [-0.1, -0.05) is 279 Å². The van der Waals surface area contributed by atoms with Gasteiger partial charge in [0.15, 0.2) is 0 Å². The van der Waals surface area contributed by atoms with Crippen LogP contribution in [0.15, 0.2) is 85.1 Å². The predicted octanol–water partition coefficient (Wildman–Crippen LogP) is 18.8. The van der Waals surface area contributed by atoms with Gasteiger partial charge >= 0.3 is 0 Å². The molecule has 2 unspecified atom stereocenters. The van der Waals surface area contributed by atoms with Gasteiger partial charge in [-0.05, 0) is 77.0 Å². The second-order valence-corrected chi connectivity index (χ2v) is 19.0. The molecule has 1 amide bonds. The van der Waals surface area contributed by atoms with E-state index in [1.165, 1.54) is 193 Å². The van der Waals surface area contributed by atoms with Crippen molar-refractivity contribution in [2.45, 2.75) is 289 Å². The van der Waals surface area contributed by atoms with Crippen molar-refractivity contribution in [1.29, 1.82) is 0 Å². The molecule has 4 nitrogen and oxygen atoms in total. The molecule has 3 N–H and O–H groups in total. The summed E-state index contributed by atoms with van der Waals surface area (Å²) in [7, 11) is 0. The number of nitrogens with one attached hydrogen (secondary N) is 1. The molecule has 0 saturated carbocycles. The Balaban J connectivity index is 3.47. The zero-order valence-corrected chi connectivity index (χ0v) is 43.2. The summed E-state index contributed by atoms with van der Waals surface area (Å²) in [6.45, 7) is 4.19. The van der Waals surface area contributed by atoms with E-state index in [2.05, 4.69) is 92.1 Å². The highest BCUT2D eigenvalue weighted by Gasteiger charge is 2.18. The molecule has 376 valence electrons. The molecule has 0 aromatic carbocycles. The molecule has 65 heavy (non-hydrogen) atoms. The van der Waals surface area contributed by atoms with Crippen LogP contribution in [-0.4, -0.2) is 34.9 Å². The van der Waals surface area contributed by atoms with Crippen LogP contribution in [0.1, 0.15) is 277 Å². The number of rotatable bonds is 51. The van der Waals surface area contributed by atoms with E-state index in [1.807, 2.05) is 6.08 Å². The van der Waals surface area contributed by atoms with Crippen LogP contribution in [0.3, 0.4) is 0 Å². The molecule has 0 spiro atoms. The Hall–Kier alpha value is -2.43. The molecule has 0 aromatic heterocycles. The van der Waals surface area contributed by atoms with Gasteiger partial charge in [0.25, 0.3) is 0 Å². The minimum absolute atomic E-state index is 0.0723. The van der Waals surface area contributed by atoms with Crippen molar-refractivity contribution >= 4 is 5.91 Å². The fourth-order valence-electron chi connectivity index (χ4n) is 8.34. The maximum absolute atomic E-state index is 12.5. The third-order valence-corrected chi connectivity index (χ3v) is 12.6. The summed E-state index contributed by atoms with van der Waals surface area (Å²) in [5, 5.41) is 23.1. The van der Waals surface area contributed by atoms with Crippen molar-refractivity contribution in [2.24, 2.45) is 0 Å². The molecule has 0 fully saturated rings. The van der Waals surface area contributed by atoms with Gasteiger partial charge in [-0.15, -0.1) is 0 Å². The number of hydrogen-bond acceptors (Lipinski definition) is 3. The van der Waals surface area contributed by atoms with Gasteiger partial charge in [0.2, 0.25) is 5.91 Å². The summed E-state index contributed by atoms with van der Waals surface area (Å²) in [6.07, 6.45) is 81.8. The normalized spacial score (nSPS) is 13.5. The first-order chi connectivity index (χ1) is 32.2. The molecule has 0 rings (SSSR count). The van der Waals surface area contributed by atoms with Crippen LogP contribution in [0.2, 0.25) is 0 Å². The number of amides is 1. The summed E-state index contributed by atoms with van der Waals surface area (Å²) in [5.74, 6) is -0.0723. The van der Waals surface area contributed by atoms with Crippen LogP contribution in [0.25, 0.3) is 0 Å². The summed E-state index contributed by atoms with van der Waals surface area (Å²) in [6, 6.07) is -0.640. The van der Waals surface area contributed by atoms with Crippen molar-refractivity contribution in [3.8, 4) is 0 Å². The third kappa shape index (κ3) is 52.4. The number of unbranched alkanes of at least 4 members (excludes halogenated alkanes) is 32. The number of carbonyl (C=O) groups excluding carboxylic acids is 1. The topological polar surface area (TPSA) is 69.6 Å². The first-order valence-corrected chi connectivity index (χ1v) is 28.3. The molecule has 0 aliphatic rings. The zero-order chi connectivity index (χ0) is 47.0. The van der Waals surface area contributed by atoms with Crippen molar-refractivity contribution < 1.29 is 15.0 Å². The van der Waals surface area contributed by atoms with Gasteiger partial charge in [-0.25, -0.2) is 0 Å². The van der Waals surface area contributed by atoms with Crippen LogP contribution < -0.4 is 5.32 Å². The highest BCUT2D eigenvalue weighted by molar-refractivity contribution is 5.76. The molecule has 0 aromatic rings. The lowest BCUT2D eigenvalue weighted by Gasteiger charge is -2.19. The second kappa shape index (κ2) is 55.9. The molecule has 0 heterocycles. The number of hydrogen-bond donors (Lipinski definition) is 3. The fraction of sp³-hybridized carbons (Fsp3) is 0.754. The number of allylic oxidation sites excluding steroid dienone is 13. The highest BCUT2D eigenvalue weighted by Crippen LogP contribution is 2.16.